The highest BCUT2D eigenvalue weighted by atomic mass is 16.3. The van der Waals surface area contributed by atoms with Crippen molar-refractivity contribution in [2.45, 2.75) is 58.1 Å². The summed E-state index contributed by atoms with van der Waals surface area (Å²) in [7, 11) is 0. The van der Waals surface area contributed by atoms with E-state index >= 15 is 0 Å². The third kappa shape index (κ3) is 2.80. The molecule has 3 atom stereocenters. The Labute approximate surface area is 108 Å². The molecule has 1 aliphatic carbocycles. The summed E-state index contributed by atoms with van der Waals surface area (Å²) in [6, 6.07) is 3.38. The lowest BCUT2D eigenvalue weighted by Crippen LogP contribution is -2.37. The van der Waals surface area contributed by atoms with Crippen LogP contribution in [0.15, 0.2) is 16.9 Å². The van der Waals surface area contributed by atoms with Crippen LogP contribution < -0.4 is 5.56 Å². The summed E-state index contributed by atoms with van der Waals surface area (Å²) in [4.78, 5) is 11.9. The first kappa shape index (κ1) is 13.3. The molecule has 1 aliphatic rings. The molecule has 0 spiro atoms. The summed E-state index contributed by atoms with van der Waals surface area (Å²) in [5.41, 5.74) is 0.797. The molecule has 4 heteroatoms. The minimum atomic E-state index is -0.294. The second-order valence-corrected chi connectivity index (χ2v) is 5.34. The van der Waals surface area contributed by atoms with E-state index in [0.717, 1.165) is 31.4 Å². The molecule has 18 heavy (non-hydrogen) atoms. The van der Waals surface area contributed by atoms with Crippen molar-refractivity contribution < 1.29 is 5.11 Å². The van der Waals surface area contributed by atoms with Gasteiger partial charge in [0.1, 0.15) is 0 Å². The van der Waals surface area contributed by atoms with Crippen LogP contribution in [0.25, 0.3) is 0 Å². The molecule has 2 rings (SSSR count). The molecule has 3 unspecified atom stereocenters. The SMILES string of the molecule is CCCC1CCC(O)CC1n1nc(C)ccc1=O. The predicted molar refractivity (Wildman–Crippen MR) is 70.5 cm³/mol. The molecule has 0 saturated heterocycles. The Hall–Kier alpha value is -1.16. The average Bonchev–Trinajstić information content (AvgIpc) is 2.35. The van der Waals surface area contributed by atoms with Crippen LogP contribution in [0, 0.1) is 12.8 Å². The van der Waals surface area contributed by atoms with Gasteiger partial charge in [0, 0.05) is 6.07 Å². The van der Waals surface area contributed by atoms with Crippen LogP contribution >= 0.6 is 0 Å². The molecule has 1 aromatic rings. The molecule has 1 aromatic heterocycles. The van der Waals surface area contributed by atoms with Gasteiger partial charge in [-0.1, -0.05) is 13.3 Å². The van der Waals surface area contributed by atoms with Crippen molar-refractivity contribution in [3.05, 3.63) is 28.2 Å². The molecule has 1 saturated carbocycles. The zero-order chi connectivity index (χ0) is 13.1. The van der Waals surface area contributed by atoms with Crippen LogP contribution in [0.5, 0.6) is 0 Å². The minimum Gasteiger partial charge on any atom is -0.393 e. The van der Waals surface area contributed by atoms with Crippen LogP contribution in [0.4, 0.5) is 0 Å². The monoisotopic (exact) mass is 250 g/mol. The lowest BCUT2D eigenvalue weighted by Gasteiger charge is -2.34. The average molecular weight is 250 g/mol. The molecule has 0 aromatic carbocycles. The topological polar surface area (TPSA) is 55.1 Å². The largest absolute Gasteiger partial charge is 0.393 e. The summed E-state index contributed by atoms with van der Waals surface area (Å²) in [5.74, 6) is 0.463. The van der Waals surface area contributed by atoms with Gasteiger partial charge in [-0.15, -0.1) is 0 Å². The van der Waals surface area contributed by atoms with Crippen molar-refractivity contribution in [1.29, 1.82) is 0 Å². The van der Waals surface area contributed by atoms with Crippen LogP contribution in [0.2, 0.25) is 0 Å². The van der Waals surface area contributed by atoms with Crippen LogP contribution in [-0.4, -0.2) is 21.0 Å². The fraction of sp³-hybridized carbons (Fsp3) is 0.714. The molecule has 0 radical (unpaired) electrons. The number of nitrogens with zero attached hydrogens (tertiary/aromatic N) is 2. The number of aliphatic hydroxyl groups is 1. The van der Waals surface area contributed by atoms with Crippen molar-refractivity contribution in [3.63, 3.8) is 0 Å². The molecule has 0 aliphatic heterocycles. The standard InChI is InChI=1S/C14H22N2O2/c1-3-4-11-6-7-12(17)9-13(11)16-14(18)8-5-10(2)15-16/h5,8,11-13,17H,3-4,6-7,9H2,1-2H3. The third-order valence-corrected chi connectivity index (χ3v) is 3.86. The maximum absolute atomic E-state index is 11.9. The van der Waals surface area contributed by atoms with Crippen LogP contribution in [0.3, 0.4) is 0 Å². The molecular weight excluding hydrogens is 228 g/mol. The highest BCUT2D eigenvalue weighted by molar-refractivity contribution is 4.99. The van der Waals surface area contributed by atoms with Crippen molar-refractivity contribution >= 4 is 0 Å². The number of hydrogen-bond donors (Lipinski definition) is 1. The van der Waals surface area contributed by atoms with Gasteiger partial charge in [-0.3, -0.25) is 4.79 Å². The molecule has 1 heterocycles. The minimum absolute atomic E-state index is 0.0548. The van der Waals surface area contributed by atoms with E-state index in [2.05, 4.69) is 12.0 Å². The lowest BCUT2D eigenvalue weighted by molar-refractivity contribution is 0.0628. The molecule has 0 amide bonds. The quantitative estimate of drug-likeness (QED) is 0.893. The number of rotatable bonds is 3. The summed E-state index contributed by atoms with van der Waals surface area (Å²) in [6.45, 7) is 4.05. The molecule has 0 bridgehead atoms. The fourth-order valence-corrected chi connectivity index (χ4v) is 2.95. The molecule has 1 fully saturated rings. The first-order valence-corrected chi connectivity index (χ1v) is 6.86. The van der Waals surface area contributed by atoms with Crippen molar-refractivity contribution in [1.82, 2.24) is 9.78 Å². The van der Waals surface area contributed by atoms with E-state index < -0.39 is 0 Å². The first-order chi connectivity index (χ1) is 8.61. The molecule has 4 nitrogen and oxygen atoms in total. The normalized spacial score (nSPS) is 28.3. The van der Waals surface area contributed by atoms with Gasteiger partial charge >= 0.3 is 0 Å². The zero-order valence-corrected chi connectivity index (χ0v) is 11.2. The van der Waals surface area contributed by atoms with Gasteiger partial charge in [-0.05, 0) is 44.6 Å². The maximum Gasteiger partial charge on any atom is 0.267 e. The van der Waals surface area contributed by atoms with Crippen LogP contribution in [0.1, 0.15) is 50.8 Å². The van der Waals surface area contributed by atoms with E-state index in [1.54, 1.807) is 16.8 Å². The Bertz CT molecular complexity index is 455. The Balaban J connectivity index is 2.31. The van der Waals surface area contributed by atoms with Crippen molar-refractivity contribution in [2.75, 3.05) is 0 Å². The third-order valence-electron chi connectivity index (χ3n) is 3.86. The van der Waals surface area contributed by atoms with Gasteiger partial charge < -0.3 is 5.11 Å². The Kier molecular flexibility index (Phi) is 4.17. The highest BCUT2D eigenvalue weighted by Crippen LogP contribution is 2.35. The van der Waals surface area contributed by atoms with E-state index in [1.165, 1.54) is 0 Å². The van der Waals surface area contributed by atoms with Gasteiger partial charge in [-0.25, -0.2) is 4.68 Å². The van der Waals surface area contributed by atoms with E-state index in [4.69, 9.17) is 0 Å². The van der Waals surface area contributed by atoms with Gasteiger partial charge in [0.05, 0.1) is 17.8 Å². The van der Waals surface area contributed by atoms with E-state index in [1.807, 2.05) is 6.92 Å². The molecule has 1 N–H and O–H groups in total. The predicted octanol–water partition coefficient (Wildman–Crippen LogP) is 2.05. The van der Waals surface area contributed by atoms with E-state index in [0.29, 0.717) is 12.3 Å². The maximum atomic E-state index is 11.9. The Morgan fingerprint density at radius 2 is 2.22 bits per heavy atom. The number of hydrogen-bond acceptors (Lipinski definition) is 3. The summed E-state index contributed by atoms with van der Waals surface area (Å²) in [5, 5.41) is 14.2. The second kappa shape index (κ2) is 5.65. The smallest absolute Gasteiger partial charge is 0.267 e. The van der Waals surface area contributed by atoms with Crippen molar-refractivity contribution in [2.24, 2.45) is 5.92 Å². The van der Waals surface area contributed by atoms with Gasteiger partial charge in [0.2, 0.25) is 0 Å². The lowest BCUT2D eigenvalue weighted by atomic mass is 9.80. The fourth-order valence-electron chi connectivity index (χ4n) is 2.95. The van der Waals surface area contributed by atoms with E-state index in [-0.39, 0.29) is 17.7 Å². The zero-order valence-electron chi connectivity index (χ0n) is 11.2. The van der Waals surface area contributed by atoms with Gasteiger partial charge in [0.15, 0.2) is 0 Å². The summed E-state index contributed by atoms with van der Waals surface area (Å²) < 4.78 is 1.60. The number of aryl methyl sites for hydroxylation is 1. The van der Waals surface area contributed by atoms with Crippen molar-refractivity contribution in [3.8, 4) is 0 Å². The Morgan fingerprint density at radius 1 is 1.44 bits per heavy atom. The van der Waals surface area contributed by atoms with Gasteiger partial charge in [0.25, 0.3) is 5.56 Å². The Morgan fingerprint density at radius 3 is 2.94 bits per heavy atom. The summed E-state index contributed by atoms with van der Waals surface area (Å²) >= 11 is 0. The number of aromatic nitrogens is 2. The van der Waals surface area contributed by atoms with Gasteiger partial charge in [-0.2, -0.15) is 5.10 Å². The second-order valence-electron chi connectivity index (χ2n) is 5.34. The highest BCUT2D eigenvalue weighted by Gasteiger charge is 2.31. The first-order valence-electron chi connectivity index (χ1n) is 6.86. The number of aliphatic hydroxyl groups excluding tert-OH is 1. The molecule has 100 valence electrons. The van der Waals surface area contributed by atoms with Crippen LogP contribution in [-0.2, 0) is 0 Å². The van der Waals surface area contributed by atoms with E-state index in [9.17, 15) is 9.90 Å². The molecular formula is C14H22N2O2. The summed E-state index contributed by atoms with van der Waals surface area (Å²) in [6.07, 6.45) is 4.40.